The lowest BCUT2D eigenvalue weighted by Crippen LogP contribution is -2.09. The van der Waals surface area contributed by atoms with Crippen molar-refractivity contribution < 1.29 is 0 Å². The van der Waals surface area contributed by atoms with E-state index < -0.39 is 0 Å². The van der Waals surface area contributed by atoms with E-state index in [9.17, 15) is 0 Å². The van der Waals surface area contributed by atoms with Crippen LogP contribution in [0.5, 0.6) is 0 Å². The molecule has 0 amide bonds. The van der Waals surface area contributed by atoms with Crippen LogP contribution >= 0.6 is 0 Å². The highest BCUT2D eigenvalue weighted by molar-refractivity contribution is 5.08. The Labute approximate surface area is 102 Å². The van der Waals surface area contributed by atoms with Gasteiger partial charge in [0.05, 0.1) is 0 Å². The molecule has 0 aliphatic heterocycles. The quantitative estimate of drug-likeness (QED) is 0.502. The van der Waals surface area contributed by atoms with Crippen LogP contribution in [0, 0.1) is 5.92 Å². The third kappa shape index (κ3) is 3.96. The van der Waals surface area contributed by atoms with Crippen molar-refractivity contribution in [2.45, 2.75) is 83.5 Å². The van der Waals surface area contributed by atoms with Crippen molar-refractivity contribution in [3.63, 3.8) is 0 Å². The summed E-state index contributed by atoms with van der Waals surface area (Å²) >= 11 is 0. The largest absolute Gasteiger partial charge is 0.0851 e. The summed E-state index contributed by atoms with van der Waals surface area (Å²) < 4.78 is 0. The smallest absolute Gasteiger partial charge is 0.0203 e. The van der Waals surface area contributed by atoms with Gasteiger partial charge in [0.1, 0.15) is 0 Å². The first-order chi connectivity index (χ1) is 7.97. The van der Waals surface area contributed by atoms with E-state index in [0.29, 0.717) is 0 Å². The van der Waals surface area contributed by atoms with Crippen LogP contribution < -0.4 is 0 Å². The Hall–Kier alpha value is -0.260. The second-order valence-electron chi connectivity index (χ2n) is 5.77. The van der Waals surface area contributed by atoms with Gasteiger partial charge < -0.3 is 0 Å². The van der Waals surface area contributed by atoms with Gasteiger partial charge in [0.15, 0.2) is 0 Å². The summed E-state index contributed by atoms with van der Waals surface area (Å²) in [5.74, 6) is 0.980. The molecule has 1 fully saturated rings. The molecule has 0 aromatic heterocycles. The van der Waals surface area contributed by atoms with Gasteiger partial charge in [0.2, 0.25) is 0 Å². The normalized spacial score (nSPS) is 29.4. The first-order valence-electron chi connectivity index (χ1n) is 7.66. The Morgan fingerprint density at radius 2 is 1.31 bits per heavy atom. The van der Waals surface area contributed by atoms with Crippen molar-refractivity contribution >= 4 is 0 Å². The summed E-state index contributed by atoms with van der Waals surface area (Å²) in [4.78, 5) is 0. The van der Waals surface area contributed by atoms with Crippen LogP contribution in [0.1, 0.15) is 83.5 Å². The highest BCUT2D eigenvalue weighted by Gasteiger charge is 2.17. The van der Waals surface area contributed by atoms with Crippen LogP contribution in [-0.2, 0) is 0 Å². The Balaban J connectivity index is 1.89. The lowest BCUT2D eigenvalue weighted by molar-refractivity contribution is 0.389. The summed E-state index contributed by atoms with van der Waals surface area (Å²) in [6.07, 6.45) is 21.7. The third-order valence-corrected chi connectivity index (χ3v) is 4.46. The lowest BCUT2D eigenvalue weighted by Gasteiger charge is -2.25. The van der Waals surface area contributed by atoms with Gasteiger partial charge in [-0.25, -0.2) is 0 Å². The van der Waals surface area contributed by atoms with Crippen molar-refractivity contribution in [1.82, 2.24) is 0 Å². The molecule has 92 valence electrons. The fourth-order valence-electron chi connectivity index (χ4n) is 3.41. The molecule has 0 heterocycles. The highest BCUT2D eigenvalue weighted by Crippen LogP contribution is 2.33. The van der Waals surface area contributed by atoms with Crippen molar-refractivity contribution in [2.24, 2.45) is 5.92 Å². The summed E-state index contributed by atoms with van der Waals surface area (Å²) in [5.41, 5.74) is 1.85. The summed E-state index contributed by atoms with van der Waals surface area (Å²) in [6, 6.07) is 0. The molecule has 0 radical (unpaired) electrons. The number of hydrogen-bond donors (Lipinski definition) is 0. The van der Waals surface area contributed by atoms with E-state index in [1.54, 1.807) is 0 Å². The maximum absolute atomic E-state index is 2.63. The molecule has 2 aliphatic rings. The first kappa shape index (κ1) is 12.2. The van der Waals surface area contributed by atoms with Crippen LogP contribution in [0.3, 0.4) is 0 Å². The Morgan fingerprint density at radius 3 is 2.12 bits per heavy atom. The standard InChI is InChI=1S/C16H28/c1-2-4-7-11-15(12-8-5-3-1)16-13-9-6-10-14-16/h11,16H,1-10,12-14H2/b15-11+. The fraction of sp³-hybridized carbons (Fsp3) is 0.875. The molecule has 1 saturated carbocycles. The second-order valence-corrected chi connectivity index (χ2v) is 5.77. The zero-order valence-electron chi connectivity index (χ0n) is 10.8. The Bertz CT molecular complexity index is 208. The third-order valence-electron chi connectivity index (χ3n) is 4.46. The molecule has 2 rings (SSSR count). The van der Waals surface area contributed by atoms with Crippen molar-refractivity contribution in [2.75, 3.05) is 0 Å². The summed E-state index contributed by atoms with van der Waals surface area (Å²) in [6.45, 7) is 0. The van der Waals surface area contributed by atoms with Crippen molar-refractivity contribution in [1.29, 1.82) is 0 Å². The molecule has 0 nitrogen and oxygen atoms in total. The molecular weight excluding hydrogens is 192 g/mol. The molecule has 2 aliphatic carbocycles. The minimum atomic E-state index is 0.980. The summed E-state index contributed by atoms with van der Waals surface area (Å²) in [7, 11) is 0. The van der Waals surface area contributed by atoms with E-state index in [-0.39, 0.29) is 0 Å². The second kappa shape index (κ2) is 7.14. The van der Waals surface area contributed by atoms with E-state index in [0.717, 1.165) is 5.92 Å². The molecule has 0 atom stereocenters. The van der Waals surface area contributed by atoms with Gasteiger partial charge in [-0.15, -0.1) is 0 Å². The Kier molecular flexibility index (Phi) is 5.45. The van der Waals surface area contributed by atoms with E-state index in [1.807, 2.05) is 5.57 Å². The molecule has 0 aromatic carbocycles. The van der Waals surface area contributed by atoms with E-state index in [1.165, 1.54) is 83.5 Å². The zero-order valence-corrected chi connectivity index (χ0v) is 10.8. The predicted molar refractivity (Wildman–Crippen MR) is 71.6 cm³/mol. The van der Waals surface area contributed by atoms with Gasteiger partial charge >= 0.3 is 0 Å². The minimum absolute atomic E-state index is 0.980. The van der Waals surface area contributed by atoms with Crippen molar-refractivity contribution in [3.05, 3.63) is 11.6 Å². The van der Waals surface area contributed by atoms with Crippen LogP contribution in [0.4, 0.5) is 0 Å². The molecule has 0 bridgehead atoms. The van der Waals surface area contributed by atoms with E-state index in [4.69, 9.17) is 0 Å². The average Bonchev–Trinajstić information content (AvgIpc) is 2.37. The highest BCUT2D eigenvalue weighted by atomic mass is 14.2. The van der Waals surface area contributed by atoms with Crippen LogP contribution in [-0.4, -0.2) is 0 Å². The maximum Gasteiger partial charge on any atom is -0.0203 e. The summed E-state index contributed by atoms with van der Waals surface area (Å²) in [5, 5.41) is 0. The van der Waals surface area contributed by atoms with Crippen LogP contribution in [0.25, 0.3) is 0 Å². The lowest BCUT2D eigenvalue weighted by atomic mass is 9.81. The van der Waals surface area contributed by atoms with Gasteiger partial charge in [0.25, 0.3) is 0 Å². The van der Waals surface area contributed by atoms with Gasteiger partial charge in [-0.1, -0.05) is 56.6 Å². The van der Waals surface area contributed by atoms with Crippen LogP contribution in [0.2, 0.25) is 0 Å². The fourth-order valence-corrected chi connectivity index (χ4v) is 3.41. The van der Waals surface area contributed by atoms with Crippen molar-refractivity contribution in [3.8, 4) is 0 Å². The molecule has 0 saturated heterocycles. The van der Waals surface area contributed by atoms with E-state index >= 15 is 0 Å². The molecule has 0 aromatic rings. The van der Waals surface area contributed by atoms with Gasteiger partial charge in [-0.2, -0.15) is 0 Å². The topological polar surface area (TPSA) is 0 Å². The molecule has 0 N–H and O–H groups in total. The van der Waals surface area contributed by atoms with Gasteiger partial charge in [-0.05, 0) is 44.4 Å². The number of rotatable bonds is 1. The monoisotopic (exact) mass is 220 g/mol. The molecule has 0 spiro atoms. The van der Waals surface area contributed by atoms with E-state index in [2.05, 4.69) is 6.08 Å². The minimum Gasteiger partial charge on any atom is -0.0851 e. The number of hydrogen-bond acceptors (Lipinski definition) is 0. The SMILES string of the molecule is C1=C(/C2CCCCC2)CCCCCCCC/1. The van der Waals surface area contributed by atoms with Gasteiger partial charge in [-0.3, -0.25) is 0 Å². The van der Waals surface area contributed by atoms with Gasteiger partial charge in [0, 0.05) is 0 Å². The molecule has 0 heteroatoms. The Morgan fingerprint density at radius 1 is 0.688 bits per heavy atom. The molecule has 0 unspecified atom stereocenters. The average molecular weight is 220 g/mol. The molecule has 16 heavy (non-hydrogen) atoms. The molecular formula is C16H28. The predicted octanol–water partition coefficient (Wildman–Crippen LogP) is 5.63. The first-order valence-corrected chi connectivity index (χ1v) is 7.66. The maximum atomic E-state index is 2.63. The zero-order chi connectivity index (χ0) is 11.1. The number of allylic oxidation sites excluding steroid dienone is 2. The van der Waals surface area contributed by atoms with Crippen LogP contribution in [0.15, 0.2) is 11.6 Å².